The number of rotatable bonds is 2. The first kappa shape index (κ1) is 18.7. The lowest BCUT2D eigenvalue weighted by Crippen LogP contribution is -2.56. The molecule has 3 aliphatic carbocycles. The quantitative estimate of drug-likeness (QED) is 0.448. The molecule has 0 saturated heterocycles. The Bertz CT molecular complexity index is 612. The Morgan fingerprint density at radius 1 is 1.08 bits per heavy atom. The number of methoxy groups -OCH3 is 1. The standard InChI is InChI=1S/C23H36O2/c1-16-8-10-19-22(4,17(16)9-11-20(24)25-6)15-12-18-21(2,3)13-7-14-23(18,19)5/h9,11,18-19H,7-8,10,12-15H2,1-6H3/b11-9+/t18-,19-,22-,23-/m0/s1. The molecule has 3 aliphatic rings. The van der Waals surface area contributed by atoms with Crippen molar-refractivity contribution in [1.29, 1.82) is 0 Å². The van der Waals surface area contributed by atoms with Gasteiger partial charge in [-0.05, 0) is 79.1 Å². The van der Waals surface area contributed by atoms with Crippen molar-refractivity contribution in [3.05, 3.63) is 23.3 Å². The molecule has 0 unspecified atom stereocenters. The van der Waals surface area contributed by atoms with Gasteiger partial charge in [-0.25, -0.2) is 4.79 Å². The normalized spacial score (nSPS) is 40.6. The number of carbonyl (C=O) groups excluding carboxylic acids is 1. The van der Waals surface area contributed by atoms with E-state index in [0.717, 1.165) is 11.8 Å². The van der Waals surface area contributed by atoms with E-state index in [-0.39, 0.29) is 11.4 Å². The number of hydrogen-bond acceptors (Lipinski definition) is 2. The van der Waals surface area contributed by atoms with Gasteiger partial charge in [-0.3, -0.25) is 0 Å². The van der Waals surface area contributed by atoms with Crippen LogP contribution in [-0.4, -0.2) is 13.1 Å². The number of carbonyl (C=O) groups is 1. The summed E-state index contributed by atoms with van der Waals surface area (Å²) in [5, 5.41) is 0. The van der Waals surface area contributed by atoms with Crippen LogP contribution in [0.1, 0.15) is 79.6 Å². The topological polar surface area (TPSA) is 26.3 Å². The van der Waals surface area contributed by atoms with Gasteiger partial charge in [0.05, 0.1) is 7.11 Å². The summed E-state index contributed by atoms with van der Waals surface area (Å²) < 4.78 is 4.83. The van der Waals surface area contributed by atoms with Crippen LogP contribution in [-0.2, 0) is 9.53 Å². The third-order valence-electron chi connectivity index (χ3n) is 8.26. The number of hydrogen-bond donors (Lipinski definition) is 0. The van der Waals surface area contributed by atoms with Crippen LogP contribution in [0, 0.1) is 28.1 Å². The first-order chi connectivity index (χ1) is 11.6. The van der Waals surface area contributed by atoms with E-state index in [1.807, 2.05) is 0 Å². The second-order valence-electron chi connectivity index (χ2n) is 10.00. The molecule has 0 aromatic heterocycles. The molecule has 2 nitrogen and oxygen atoms in total. The Morgan fingerprint density at radius 2 is 1.80 bits per heavy atom. The largest absolute Gasteiger partial charge is 0.466 e. The third kappa shape index (κ3) is 2.90. The molecule has 3 rings (SSSR count). The summed E-state index contributed by atoms with van der Waals surface area (Å²) in [6, 6.07) is 0. The highest BCUT2D eigenvalue weighted by Crippen LogP contribution is 2.68. The van der Waals surface area contributed by atoms with E-state index >= 15 is 0 Å². The van der Waals surface area contributed by atoms with Gasteiger partial charge in [0, 0.05) is 6.08 Å². The summed E-state index contributed by atoms with van der Waals surface area (Å²) in [5.41, 5.74) is 3.98. The zero-order chi connectivity index (χ0) is 18.5. The molecule has 2 heteroatoms. The molecule has 25 heavy (non-hydrogen) atoms. The summed E-state index contributed by atoms with van der Waals surface area (Å²) in [6.07, 6.45) is 12.9. The SMILES string of the molecule is COC(=O)/C=C/C1=C(C)CC[C@@H]2[C@@]3(C)CCCC(C)(C)[C@@H]3CC[C@@]12C. The van der Waals surface area contributed by atoms with Gasteiger partial charge in [0.1, 0.15) is 0 Å². The van der Waals surface area contributed by atoms with Crippen molar-refractivity contribution in [3.8, 4) is 0 Å². The molecule has 0 heterocycles. The summed E-state index contributed by atoms with van der Waals surface area (Å²) in [4.78, 5) is 11.7. The molecule has 0 aromatic rings. The van der Waals surface area contributed by atoms with Crippen LogP contribution in [0.3, 0.4) is 0 Å². The maximum atomic E-state index is 11.7. The number of fused-ring (bicyclic) bond motifs is 3. The van der Waals surface area contributed by atoms with E-state index in [4.69, 9.17) is 4.74 Å². The fourth-order valence-electron chi connectivity index (χ4n) is 7.16. The maximum absolute atomic E-state index is 11.7. The molecule has 2 fully saturated rings. The van der Waals surface area contributed by atoms with Crippen molar-refractivity contribution in [2.24, 2.45) is 28.1 Å². The lowest BCUT2D eigenvalue weighted by molar-refractivity contribution is -0.134. The van der Waals surface area contributed by atoms with Gasteiger partial charge in [-0.15, -0.1) is 0 Å². The van der Waals surface area contributed by atoms with E-state index in [0.29, 0.717) is 10.8 Å². The third-order valence-corrected chi connectivity index (χ3v) is 8.26. The van der Waals surface area contributed by atoms with Gasteiger partial charge >= 0.3 is 5.97 Å². The molecule has 2 saturated carbocycles. The summed E-state index contributed by atoms with van der Waals surface area (Å²) in [7, 11) is 1.45. The molecule has 140 valence electrons. The second kappa shape index (κ2) is 6.28. The Labute approximate surface area is 154 Å². The van der Waals surface area contributed by atoms with Crippen LogP contribution in [0.25, 0.3) is 0 Å². The van der Waals surface area contributed by atoms with Crippen molar-refractivity contribution in [1.82, 2.24) is 0 Å². The van der Waals surface area contributed by atoms with Crippen LogP contribution >= 0.6 is 0 Å². The highest BCUT2D eigenvalue weighted by molar-refractivity contribution is 5.82. The average molecular weight is 345 g/mol. The predicted molar refractivity (Wildman–Crippen MR) is 103 cm³/mol. The van der Waals surface area contributed by atoms with E-state index in [1.165, 1.54) is 63.2 Å². The van der Waals surface area contributed by atoms with Gasteiger partial charge in [0.25, 0.3) is 0 Å². The van der Waals surface area contributed by atoms with Crippen molar-refractivity contribution < 1.29 is 9.53 Å². The molecule has 0 amide bonds. The first-order valence-electron chi connectivity index (χ1n) is 10.1. The van der Waals surface area contributed by atoms with Crippen LogP contribution < -0.4 is 0 Å². The van der Waals surface area contributed by atoms with Gasteiger partial charge in [0.15, 0.2) is 0 Å². The monoisotopic (exact) mass is 344 g/mol. The maximum Gasteiger partial charge on any atom is 0.330 e. The van der Waals surface area contributed by atoms with Gasteiger partial charge < -0.3 is 4.74 Å². The van der Waals surface area contributed by atoms with E-state index in [1.54, 1.807) is 6.08 Å². The minimum Gasteiger partial charge on any atom is -0.466 e. The summed E-state index contributed by atoms with van der Waals surface area (Å²) in [6.45, 7) is 12.3. The van der Waals surface area contributed by atoms with E-state index in [9.17, 15) is 4.79 Å². The smallest absolute Gasteiger partial charge is 0.330 e. The first-order valence-corrected chi connectivity index (χ1v) is 10.1. The Morgan fingerprint density at radius 3 is 2.48 bits per heavy atom. The fourth-order valence-corrected chi connectivity index (χ4v) is 7.16. The Balaban J connectivity index is 2.00. The van der Waals surface area contributed by atoms with E-state index in [2.05, 4.69) is 40.7 Å². The number of allylic oxidation sites excluding steroid dienone is 3. The highest BCUT2D eigenvalue weighted by Gasteiger charge is 2.59. The number of ether oxygens (including phenoxy) is 1. The molecule has 0 aliphatic heterocycles. The number of esters is 1. The summed E-state index contributed by atoms with van der Waals surface area (Å²) >= 11 is 0. The van der Waals surface area contributed by atoms with Crippen LogP contribution in [0.5, 0.6) is 0 Å². The van der Waals surface area contributed by atoms with Crippen molar-refractivity contribution in [2.75, 3.05) is 7.11 Å². The van der Waals surface area contributed by atoms with E-state index < -0.39 is 0 Å². The minimum atomic E-state index is -0.246. The van der Waals surface area contributed by atoms with Crippen LogP contribution in [0.2, 0.25) is 0 Å². The minimum absolute atomic E-state index is 0.200. The molecular weight excluding hydrogens is 308 g/mol. The zero-order valence-electron chi connectivity index (χ0n) is 17.1. The molecule has 0 aromatic carbocycles. The predicted octanol–water partition coefficient (Wildman–Crippen LogP) is 6.07. The fraction of sp³-hybridized carbons (Fsp3) is 0.783. The van der Waals surface area contributed by atoms with Gasteiger partial charge in [-0.1, -0.05) is 45.8 Å². The van der Waals surface area contributed by atoms with Crippen LogP contribution in [0.15, 0.2) is 23.3 Å². The Hall–Kier alpha value is -1.05. The van der Waals surface area contributed by atoms with Crippen LogP contribution in [0.4, 0.5) is 0 Å². The molecule has 0 N–H and O–H groups in total. The van der Waals surface area contributed by atoms with Crippen molar-refractivity contribution in [2.45, 2.75) is 79.6 Å². The summed E-state index contributed by atoms with van der Waals surface area (Å²) in [5.74, 6) is 1.31. The van der Waals surface area contributed by atoms with Gasteiger partial charge in [0.2, 0.25) is 0 Å². The second-order valence-corrected chi connectivity index (χ2v) is 10.00. The van der Waals surface area contributed by atoms with Crippen molar-refractivity contribution >= 4 is 5.97 Å². The molecule has 4 atom stereocenters. The van der Waals surface area contributed by atoms with Gasteiger partial charge in [-0.2, -0.15) is 0 Å². The molecular formula is C23H36O2. The highest BCUT2D eigenvalue weighted by atomic mass is 16.5. The van der Waals surface area contributed by atoms with Crippen molar-refractivity contribution in [3.63, 3.8) is 0 Å². The average Bonchev–Trinajstić information content (AvgIpc) is 2.52. The Kier molecular flexibility index (Phi) is 4.71. The lowest BCUT2D eigenvalue weighted by Gasteiger charge is -2.64. The molecule has 0 bridgehead atoms. The lowest BCUT2D eigenvalue weighted by atomic mass is 9.40. The molecule has 0 spiro atoms. The molecule has 0 radical (unpaired) electrons. The zero-order valence-corrected chi connectivity index (χ0v) is 17.1.